The van der Waals surface area contributed by atoms with Crippen molar-refractivity contribution >= 4 is 22.6 Å². The summed E-state index contributed by atoms with van der Waals surface area (Å²) in [6.45, 7) is 2.18. The number of carbonyl (C=O) groups is 1. The molecule has 28 heavy (non-hydrogen) atoms. The first-order valence-electron chi connectivity index (χ1n) is 9.60. The summed E-state index contributed by atoms with van der Waals surface area (Å²) in [5.74, 6) is 1.95. The molecule has 0 radical (unpaired) electrons. The van der Waals surface area contributed by atoms with Crippen LogP contribution in [0.2, 0.25) is 0 Å². The van der Waals surface area contributed by atoms with Gasteiger partial charge in [0, 0.05) is 30.9 Å². The van der Waals surface area contributed by atoms with E-state index < -0.39 is 0 Å². The third-order valence-electron chi connectivity index (χ3n) is 5.31. The molecule has 3 aromatic rings. The van der Waals surface area contributed by atoms with Gasteiger partial charge in [-0.05, 0) is 42.7 Å². The molecular formula is C22H24N4O2. The zero-order chi connectivity index (χ0) is 19.3. The van der Waals surface area contributed by atoms with E-state index in [4.69, 9.17) is 4.74 Å². The molecular weight excluding hydrogens is 352 g/mol. The van der Waals surface area contributed by atoms with Crippen LogP contribution in [0.25, 0.3) is 10.9 Å². The number of para-hydroxylation sites is 1. The lowest BCUT2D eigenvalue weighted by Crippen LogP contribution is -2.40. The Balaban J connectivity index is 1.33. The van der Waals surface area contributed by atoms with Crippen molar-refractivity contribution in [3.05, 3.63) is 60.4 Å². The fraction of sp³-hybridized carbons (Fsp3) is 0.318. The Hall–Kier alpha value is -3.15. The third-order valence-corrected chi connectivity index (χ3v) is 5.31. The first kappa shape index (κ1) is 18.2. The van der Waals surface area contributed by atoms with Gasteiger partial charge in [0.1, 0.15) is 17.9 Å². The van der Waals surface area contributed by atoms with Gasteiger partial charge < -0.3 is 15.0 Å². The lowest BCUT2D eigenvalue weighted by atomic mass is 9.95. The summed E-state index contributed by atoms with van der Waals surface area (Å²) in [4.78, 5) is 23.7. The number of hydrogen-bond acceptors (Lipinski definition) is 5. The van der Waals surface area contributed by atoms with E-state index in [2.05, 4.69) is 26.3 Å². The largest absolute Gasteiger partial charge is 0.497 e. The third kappa shape index (κ3) is 3.91. The van der Waals surface area contributed by atoms with E-state index in [0.717, 1.165) is 54.0 Å². The molecule has 4 rings (SSSR count). The van der Waals surface area contributed by atoms with Gasteiger partial charge in [-0.2, -0.15) is 0 Å². The summed E-state index contributed by atoms with van der Waals surface area (Å²) in [5, 5.41) is 4.13. The number of rotatable bonds is 5. The molecule has 1 aliphatic rings. The van der Waals surface area contributed by atoms with Crippen LogP contribution in [0.4, 0.5) is 5.82 Å². The van der Waals surface area contributed by atoms with Crippen molar-refractivity contribution in [1.82, 2.24) is 15.3 Å². The molecule has 6 nitrogen and oxygen atoms in total. The molecule has 1 aromatic heterocycles. The summed E-state index contributed by atoms with van der Waals surface area (Å²) in [7, 11) is 1.65. The molecule has 0 bridgehead atoms. The molecule has 0 aliphatic carbocycles. The Morgan fingerprint density at radius 2 is 1.86 bits per heavy atom. The maximum Gasteiger partial charge on any atom is 0.223 e. The van der Waals surface area contributed by atoms with E-state index in [-0.39, 0.29) is 11.8 Å². The highest BCUT2D eigenvalue weighted by molar-refractivity contribution is 5.89. The van der Waals surface area contributed by atoms with E-state index in [1.807, 2.05) is 42.5 Å². The van der Waals surface area contributed by atoms with Crippen LogP contribution in [0.5, 0.6) is 5.75 Å². The number of benzene rings is 2. The number of hydrogen-bond donors (Lipinski definition) is 1. The summed E-state index contributed by atoms with van der Waals surface area (Å²) in [6.07, 6.45) is 3.27. The quantitative estimate of drug-likeness (QED) is 0.741. The molecule has 1 N–H and O–H groups in total. The molecule has 144 valence electrons. The summed E-state index contributed by atoms with van der Waals surface area (Å²) < 4.78 is 5.16. The van der Waals surface area contributed by atoms with Gasteiger partial charge in [0.05, 0.1) is 12.6 Å². The minimum absolute atomic E-state index is 0.0441. The lowest BCUT2D eigenvalue weighted by molar-refractivity contribution is -0.125. The molecule has 0 atom stereocenters. The van der Waals surface area contributed by atoms with Gasteiger partial charge in [-0.3, -0.25) is 4.79 Å². The molecule has 0 saturated carbocycles. The van der Waals surface area contributed by atoms with Gasteiger partial charge in [-0.25, -0.2) is 9.97 Å². The number of fused-ring (bicyclic) bond motifs is 1. The molecule has 2 aromatic carbocycles. The number of aromatic nitrogens is 2. The second kappa shape index (κ2) is 8.25. The molecule has 0 spiro atoms. The van der Waals surface area contributed by atoms with Gasteiger partial charge in [0.2, 0.25) is 5.91 Å². The first-order valence-corrected chi connectivity index (χ1v) is 9.60. The van der Waals surface area contributed by atoms with Gasteiger partial charge in [0.25, 0.3) is 0 Å². The van der Waals surface area contributed by atoms with E-state index in [1.54, 1.807) is 13.4 Å². The maximum atomic E-state index is 12.6. The Morgan fingerprint density at radius 1 is 1.11 bits per heavy atom. The Kier molecular flexibility index (Phi) is 5.37. The van der Waals surface area contributed by atoms with Crippen LogP contribution >= 0.6 is 0 Å². The Morgan fingerprint density at radius 3 is 2.61 bits per heavy atom. The van der Waals surface area contributed by atoms with Crippen LogP contribution in [0.1, 0.15) is 18.4 Å². The zero-order valence-corrected chi connectivity index (χ0v) is 16.0. The van der Waals surface area contributed by atoms with Crippen LogP contribution in [-0.2, 0) is 11.3 Å². The number of amides is 1. The average Bonchev–Trinajstić information content (AvgIpc) is 2.77. The maximum absolute atomic E-state index is 12.6. The van der Waals surface area contributed by atoms with E-state index in [0.29, 0.717) is 6.54 Å². The topological polar surface area (TPSA) is 67.3 Å². The minimum atomic E-state index is 0.0441. The van der Waals surface area contributed by atoms with Gasteiger partial charge in [0.15, 0.2) is 0 Å². The highest BCUT2D eigenvalue weighted by Crippen LogP contribution is 2.27. The van der Waals surface area contributed by atoms with Crippen LogP contribution in [0.15, 0.2) is 54.9 Å². The molecule has 1 saturated heterocycles. The molecule has 1 fully saturated rings. The monoisotopic (exact) mass is 376 g/mol. The number of nitrogens with zero attached hydrogens (tertiary/aromatic N) is 3. The first-order chi connectivity index (χ1) is 13.7. The molecule has 1 amide bonds. The molecule has 2 heterocycles. The number of nitrogens with one attached hydrogen (secondary N) is 1. The zero-order valence-electron chi connectivity index (χ0n) is 16.0. The van der Waals surface area contributed by atoms with Crippen molar-refractivity contribution in [3.63, 3.8) is 0 Å². The number of carbonyl (C=O) groups excluding carboxylic acids is 1. The van der Waals surface area contributed by atoms with Crippen LogP contribution in [-0.4, -0.2) is 36.1 Å². The Labute approximate surface area is 164 Å². The van der Waals surface area contributed by atoms with Crippen molar-refractivity contribution in [2.75, 3.05) is 25.1 Å². The van der Waals surface area contributed by atoms with E-state index in [1.165, 1.54) is 0 Å². The van der Waals surface area contributed by atoms with Gasteiger partial charge in [-0.15, -0.1) is 0 Å². The van der Waals surface area contributed by atoms with Crippen LogP contribution in [0.3, 0.4) is 0 Å². The van der Waals surface area contributed by atoms with Crippen LogP contribution in [0, 0.1) is 5.92 Å². The highest BCUT2D eigenvalue weighted by atomic mass is 16.5. The number of methoxy groups -OCH3 is 1. The molecule has 1 aliphatic heterocycles. The smallest absolute Gasteiger partial charge is 0.223 e. The van der Waals surface area contributed by atoms with Crippen LogP contribution < -0.4 is 15.0 Å². The second-order valence-electron chi connectivity index (χ2n) is 7.04. The predicted octanol–water partition coefficient (Wildman–Crippen LogP) is 3.17. The fourth-order valence-electron chi connectivity index (χ4n) is 3.67. The number of anilines is 1. The average molecular weight is 376 g/mol. The van der Waals surface area contributed by atoms with Crippen molar-refractivity contribution < 1.29 is 9.53 Å². The number of piperidine rings is 1. The number of ether oxygens (including phenoxy) is 1. The van der Waals surface area contributed by atoms with E-state index in [9.17, 15) is 4.79 Å². The normalized spacial score (nSPS) is 14.8. The SMILES string of the molecule is COc1ccc(CNC(=O)C2CCN(c3ncnc4ccccc34)CC2)cc1. The van der Waals surface area contributed by atoms with Crippen molar-refractivity contribution in [1.29, 1.82) is 0 Å². The fourth-order valence-corrected chi connectivity index (χ4v) is 3.67. The highest BCUT2D eigenvalue weighted by Gasteiger charge is 2.26. The van der Waals surface area contributed by atoms with Gasteiger partial charge >= 0.3 is 0 Å². The molecule has 0 unspecified atom stereocenters. The van der Waals surface area contributed by atoms with Crippen molar-refractivity contribution in [3.8, 4) is 5.75 Å². The summed E-state index contributed by atoms with van der Waals surface area (Å²) in [5.41, 5.74) is 2.02. The predicted molar refractivity (Wildman–Crippen MR) is 109 cm³/mol. The lowest BCUT2D eigenvalue weighted by Gasteiger charge is -2.32. The molecule has 6 heteroatoms. The standard InChI is InChI=1S/C22H24N4O2/c1-28-18-8-6-16(7-9-18)14-23-22(27)17-10-12-26(13-11-17)21-19-4-2-3-5-20(19)24-15-25-21/h2-9,15,17H,10-14H2,1H3,(H,23,27). The summed E-state index contributed by atoms with van der Waals surface area (Å²) >= 11 is 0. The van der Waals surface area contributed by atoms with E-state index >= 15 is 0 Å². The van der Waals surface area contributed by atoms with Gasteiger partial charge in [-0.1, -0.05) is 24.3 Å². The summed E-state index contributed by atoms with van der Waals surface area (Å²) in [6, 6.07) is 15.8. The van der Waals surface area contributed by atoms with Crippen molar-refractivity contribution in [2.24, 2.45) is 5.92 Å². The minimum Gasteiger partial charge on any atom is -0.497 e. The Bertz CT molecular complexity index is 945. The van der Waals surface area contributed by atoms with Crippen molar-refractivity contribution in [2.45, 2.75) is 19.4 Å². The second-order valence-corrected chi connectivity index (χ2v) is 7.04.